The molecule has 0 aliphatic carbocycles. The number of carbonyl (C=O) groups is 1. The van der Waals surface area contributed by atoms with Crippen LogP contribution in [0.2, 0.25) is 0 Å². The average Bonchev–Trinajstić information content (AvgIpc) is 2.75. The number of amides is 1. The van der Waals surface area contributed by atoms with Crippen molar-refractivity contribution in [2.24, 2.45) is 5.10 Å². The standard InChI is InChI=1S/C21H25N3O3S/c1-2-17-9-11-18(12-10-17)16-22-23-21(25)19-7-6-8-20(15-19)28(26,27)24-13-4-3-5-14-24/h6-12,15-16H,2-5,13-14H2,1H3,(H,23,25). The van der Waals surface area contributed by atoms with Gasteiger partial charge in [0.1, 0.15) is 0 Å². The second-order valence-corrected chi connectivity index (χ2v) is 8.72. The van der Waals surface area contributed by atoms with E-state index in [0.717, 1.165) is 31.2 Å². The lowest BCUT2D eigenvalue weighted by atomic mass is 10.1. The monoisotopic (exact) mass is 399 g/mol. The van der Waals surface area contributed by atoms with Crippen molar-refractivity contribution >= 4 is 22.1 Å². The summed E-state index contributed by atoms with van der Waals surface area (Å²) < 4.78 is 27.0. The van der Waals surface area contributed by atoms with Gasteiger partial charge in [0, 0.05) is 18.7 Å². The van der Waals surface area contributed by atoms with Crippen LogP contribution >= 0.6 is 0 Å². The van der Waals surface area contributed by atoms with Crippen molar-refractivity contribution in [1.82, 2.24) is 9.73 Å². The first-order valence-electron chi connectivity index (χ1n) is 9.53. The van der Waals surface area contributed by atoms with E-state index in [4.69, 9.17) is 0 Å². The second kappa shape index (κ2) is 9.12. The molecule has 0 atom stereocenters. The molecule has 0 radical (unpaired) electrons. The van der Waals surface area contributed by atoms with Gasteiger partial charge in [-0.3, -0.25) is 4.79 Å². The van der Waals surface area contributed by atoms with E-state index in [0.29, 0.717) is 13.1 Å². The third-order valence-corrected chi connectivity index (χ3v) is 6.71. The Bertz CT molecular complexity index is 947. The van der Waals surface area contributed by atoms with Crippen LogP contribution in [0.4, 0.5) is 0 Å². The van der Waals surface area contributed by atoms with Crippen LogP contribution in [0.1, 0.15) is 47.7 Å². The highest BCUT2D eigenvalue weighted by Gasteiger charge is 2.26. The van der Waals surface area contributed by atoms with Crippen molar-refractivity contribution < 1.29 is 13.2 Å². The molecule has 0 bridgehead atoms. The van der Waals surface area contributed by atoms with Gasteiger partial charge in [0.25, 0.3) is 5.91 Å². The number of sulfonamides is 1. The fourth-order valence-corrected chi connectivity index (χ4v) is 4.68. The van der Waals surface area contributed by atoms with Gasteiger partial charge in [0.15, 0.2) is 0 Å². The largest absolute Gasteiger partial charge is 0.271 e. The highest BCUT2D eigenvalue weighted by atomic mass is 32.2. The van der Waals surface area contributed by atoms with Gasteiger partial charge in [0.2, 0.25) is 10.0 Å². The molecule has 0 spiro atoms. The fraction of sp³-hybridized carbons (Fsp3) is 0.333. The van der Waals surface area contributed by atoms with Crippen LogP contribution in [0.25, 0.3) is 0 Å². The molecule has 0 unspecified atom stereocenters. The Morgan fingerprint density at radius 1 is 1.11 bits per heavy atom. The molecule has 2 aromatic rings. The molecule has 1 fully saturated rings. The summed E-state index contributed by atoms with van der Waals surface area (Å²) in [6, 6.07) is 14.0. The van der Waals surface area contributed by atoms with Crippen molar-refractivity contribution in [3.63, 3.8) is 0 Å². The number of aryl methyl sites for hydroxylation is 1. The summed E-state index contributed by atoms with van der Waals surface area (Å²) in [6.07, 6.45) is 5.31. The van der Waals surface area contributed by atoms with E-state index in [9.17, 15) is 13.2 Å². The summed E-state index contributed by atoms with van der Waals surface area (Å²) in [5, 5.41) is 3.97. The Balaban J connectivity index is 1.68. The molecule has 1 N–H and O–H groups in total. The minimum Gasteiger partial charge on any atom is -0.267 e. The van der Waals surface area contributed by atoms with Gasteiger partial charge in [-0.25, -0.2) is 13.8 Å². The molecule has 6 nitrogen and oxygen atoms in total. The topological polar surface area (TPSA) is 78.8 Å². The molecule has 1 aliphatic heterocycles. The number of carbonyl (C=O) groups excluding carboxylic acids is 1. The predicted octanol–water partition coefficient (Wildman–Crippen LogP) is 3.19. The molecular formula is C21H25N3O3S. The van der Waals surface area contributed by atoms with Gasteiger partial charge in [-0.05, 0) is 48.6 Å². The maximum atomic E-state index is 12.8. The lowest BCUT2D eigenvalue weighted by Gasteiger charge is -2.25. The second-order valence-electron chi connectivity index (χ2n) is 6.79. The first kappa shape index (κ1) is 20.2. The molecule has 28 heavy (non-hydrogen) atoms. The quantitative estimate of drug-likeness (QED) is 0.598. The molecule has 1 amide bonds. The Morgan fingerprint density at radius 2 is 1.82 bits per heavy atom. The van der Waals surface area contributed by atoms with E-state index in [1.54, 1.807) is 18.3 Å². The number of hydrazone groups is 1. The molecule has 0 aromatic heterocycles. The first-order valence-corrected chi connectivity index (χ1v) is 11.0. The van der Waals surface area contributed by atoms with E-state index in [-0.39, 0.29) is 10.5 Å². The predicted molar refractivity (Wildman–Crippen MR) is 110 cm³/mol. The summed E-state index contributed by atoms with van der Waals surface area (Å²) in [5.41, 5.74) is 4.82. The molecule has 1 heterocycles. The number of rotatable bonds is 6. The zero-order valence-corrected chi connectivity index (χ0v) is 16.8. The third kappa shape index (κ3) is 4.85. The smallest absolute Gasteiger partial charge is 0.267 e. The van der Waals surface area contributed by atoms with Crippen LogP contribution < -0.4 is 5.43 Å². The summed E-state index contributed by atoms with van der Waals surface area (Å²) in [4.78, 5) is 12.5. The number of hydrogen-bond acceptors (Lipinski definition) is 4. The molecule has 1 aliphatic rings. The summed E-state index contributed by atoms with van der Waals surface area (Å²) in [7, 11) is -3.57. The number of nitrogens with one attached hydrogen (secondary N) is 1. The number of nitrogens with zero attached hydrogens (tertiary/aromatic N) is 2. The van der Waals surface area contributed by atoms with Crippen molar-refractivity contribution in [2.75, 3.05) is 13.1 Å². The zero-order chi connectivity index (χ0) is 20.0. The lowest BCUT2D eigenvalue weighted by molar-refractivity contribution is 0.0955. The van der Waals surface area contributed by atoms with Gasteiger partial charge in [-0.15, -0.1) is 0 Å². The van der Waals surface area contributed by atoms with Crippen LogP contribution in [0.5, 0.6) is 0 Å². The van der Waals surface area contributed by atoms with E-state index in [1.165, 1.54) is 22.0 Å². The molecule has 2 aromatic carbocycles. The van der Waals surface area contributed by atoms with Gasteiger partial charge >= 0.3 is 0 Å². The fourth-order valence-electron chi connectivity index (χ4n) is 3.12. The number of benzene rings is 2. The van der Waals surface area contributed by atoms with Gasteiger partial charge in [0.05, 0.1) is 11.1 Å². The van der Waals surface area contributed by atoms with Gasteiger partial charge in [-0.1, -0.05) is 43.7 Å². The normalized spacial score (nSPS) is 15.6. The van der Waals surface area contributed by atoms with E-state index in [2.05, 4.69) is 17.5 Å². The SMILES string of the molecule is CCc1ccc(C=NNC(=O)c2cccc(S(=O)(=O)N3CCCCC3)c2)cc1. The molecule has 0 saturated carbocycles. The first-order chi connectivity index (χ1) is 13.5. The Kier molecular flexibility index (Phi) is 6.59. The highest BCUT2D eigenvalue weighted by molar-refractivity contribution is 7.89. The van der Waals surface area contributed by atoms with Crippen molar-refractivity contribution in [3.8, 4) is 0 Å². The third-order valence-electron chi connectivity index (χ3n) is 4.82. The summed E-state index contributed by atoms with van der Waals surface area (Å²) in [5.74, 6) is -0.447. The van der Waals surface area contributed by atoms with Crippen LogP contribution in [0.3, 0.4) is 0 Å². The van der Waals surface area contributed by atoms with Crippen LogP contribution in [-0.2, 0) is 16.4 Å². The Labute approximate surface area is 166 Å². The molecule has 148 valence electrons. The van der Waals surface area contributed by atoms with E-state index >= 15 is 0 Å². The minimum absolute atomic E-state index is 0.140. The lowest BCUT2D eigenvalue weighted by Crippen LogP contribution is -2.35. The Hall–Kier alpha value is -2.51. The van der Waals surface area contributed by atoms with E-state index < -0.39 is 15.9 Å². The average molecular weight is 400 g/mol. The molecule has 3 rings (SSSR count). The van der Waals surface area contributed by atoms with Crippen LogP contribution in [-0.4, -0.2) is 37.9 Å². The molecule has 1 saturated heterocycles. The minimum atomic E-state index is -3.57. The summed E-state index contributed by atoms with van der Waals surface area (Å²) >= 11 is 0. The number of hydrogen-bond donors (Lipinski definition) is 1. The van der Waals surface area contributed by atoms with Crippen molar-refractivity contribution in [3.05, 3.63) is 65.2 Å². The van der Waals surface area contributed by atoms with Crippen LogP contribution in [0, 0.1) is 0 Å². The van der Waals surface area contributed by atoms with Crippen LogP contribution in [0.15, 0.2) is 58.5 Å². The highest BCUT2D eigenvalue weighted by Crippen LogP contribution is 2.21. The molecule has 7 heteroatoms. The van der Waals surface area contributed by atoms with E-state index in [1.807, 2.05) is 24.3 Å². The van der Waals surface area contributed by atoms with Gasteiger partial charge in [-0.2, -0.15) is 9.41 Å². The number of piperidine rings is 1. The summed E-state index contributed by atoms with van der Waals surface area (Å²) in [6.45, 7) is 3.14. The van der Waals surface area contributed by atoms with Gasteiger partial charge < -0.3 is 0 Å². The zero-order valence-electron chi connectivity index (χ0n) is 16.0. The van der Waals surface area contributed by atoms with Crippen molar-refractivity contribution in [2.45, 2.75) is 37.5 Å². The molecular weight excluding hydrogens is 374 g/mol. The maximum absolute atomic E-state index is 12.8. The maximum Gasteiger partial charge on any atom is 0.271 e. The Morgan fingerprint density at radius 3 is 2.50 bits per heavy atom. The van der Waals surface area contributed by atoms with Crippen molar-refractivity contribution in [1.29, 1.82) is 0 Å².